The predicted octanol–water partition coefficient (Wildman–Crippen LogP) is 2.59. The van der Waals surface area contributed by atoms with Gasteiger partial charge in [0.1, 0.15) is 0 Å². The zero-order chi connectivity index (χ0) is 14.8. The lowest BCUT2D eigenvalue weighted by atomic mass is 9.95. The lowest BCUT2D eigenvalue weighted by molar-refractivity contribution is -0.118. The summed E-state index contributed by atoms with van der Waals surface area (Å²) in [6.45, 7) is 0.861. The van der Waals surface area contributed by atoms with E-state index in [0.29, 0.717) is 12.5 Å². The van der Waals surface area contributed by atoms with Gasteiger partial charge in [-0.1, -0.05) is 12.1 Å². The summed E-state index contributed by atoms with van der Waals surface area (Å²) in [5.41, 5.74) is 3.08. The van der Waals surface area contributed by atoms with Crippen LogP contribution in [0.25, 0.3) is 0 Å². The number of aliphatic hydroxyl groups is 1. The fourth-order valence-corrected chi connectivity index (χ4v) is 3.27. The van der Waals surface area contributed by atoms with Gasteiger partial charge in [0.25, 0.3) is 0 Å². The second kappa shape index (κ2) is 6.16. The molecule has 0 aromatic heterocycles. The maximum atomic E-state index is 11.7. The lowest BCUT2D eigenvalue weighted by Gasteiger charge is -2.26. The van der Waals surface area contributed by atoms with E-state index >= 15 is 0 Å². The van der Waals surface area contributed by atoms with Crippen molar-refractivity contribution >= 4 is 11.6 Å². The number of nitrogens with zero attached hydrogens (tertiary/aromatic N) is 1. The Bertz CT molecular complexity index is 523. The van der Waals surface area contributed by atoms with Gasteiger partial charge >= 0.3 is 0 Å². The molecule has 2 atom stereocenters. The summed E-state index contributed by atoms with van der Waals surface area (Å²) in [5, 5.41) is 10.4. The third-order valence-corrected chi connectivity index (χ3v) is 4.62. The quantitative estimate of drug-likeness (QED) is 0.927. The molecule has 4 nitrogen and oxygen atoms in total. The molecule has 2 heterocycles. The average molecular weight is 289 g/mol. The molecule has 0 saturated carbocycles. The number of benzene rings is 1. The highest BCUT2D eigenvalue weighted by Gasteiger charge is 2.22. The summed E-state index contributed by atoms with van der Waals surface area (Å²) in [5.74, 6) is 0.161. The average Bonchev–Trinajstić information content (AvgIpc) is 3.01. The Hall–Kier alpha value is -1.39. The molecule has 4 heteroatoms. The first-order valence-electron chi connectivity index (χ1n) is 7.84. The molecule has 1 aromatic rings. The van der Waals surface area contributed by atoms with Crippen LogP contribution in [0.15, 0.2) is 18.2 Å². The molecular formula is C17H23NO3. The Labute approximate surface area is 125 Å². The second-order valence-electron chi connectivity index (χ2n) is 6.07. The summed E-state index contributed by atoms with van der Waals surface area (Å²) < 4.78 is 5.60. The Morgan fingerprint density at radius 3 is 3.05 bits per heavy atom. The van der Waals surface area contributed by atoms with Gasteiger partial charge in [0.2, 0.25) is 5.91 Å². The summed E-state index contributed by atoms with van der Waals surface area (Å²) in [4.78, 5) is 13.4. The van der Waals surface area contributed by atoms with Crippen molar-refractivity contribution in [3.63, 3.8) is 0 Å². The minimum Gasteiger partial charge on any atom is -0.388 e. The third-order valence-electron chi connectivity index (χ3n) is 4.62. The first-order valence-corrected chi connectivity index (χ1v) is 7.84. The van der Waals surface area contributed by atoms with Crippen LogP contribution in [0.2, 0.25) is 0 Å². The van der Waals surface area contributed by atoms with Gasteiger partial charge < -0.3 is 14.7 Å². The third kappa shape index (κ3) is 3.11. The van der Waals surface area contributed by atoms with E-state index in [2.05, 4.69) is 6.07 Å². The van der Waals surface area contributed by atoms with E-state index in [4.69, 9.17) is 4.74 Å². The van der Waals surface area contributed by atoms with Crippen LogP contribution in [0, 0.1) is 0 Å². The number of amides is 1. The number of anilines is 1. The Kier molecular flexibility index (Phi) is 4.27. The number of rotatable bonds is 4. The molecule has 1 fully saturated rings. The van der Waals surface area contributed by atoms with E-state index in [1.54, 1.807) is 4.90 Å². The van der Waals surface area contributed by atoms with Gasteiger partial charge in [-0.3, -0.25) is 4.79 Å². The monoisotopic (exact) mass is 289 g/mol. The molecule has 0 radical (unpaired) electrons. The molecule has 1 amide bonds. The van der Waals surface area contributed by atoms with Crippen LogP contribution in [0.1, 0.15) is 49.3 Å². The molecule has 0 aliphatic carbocycles. The number of aliphatic hydroxyl groups excluding tert-OH is 1. The maximum Gasteiger partial charge on any atom is 0.227 e. The number of fused-ring (bicyclic) bond motifs is 1. The van der Waals surface area contributed by atoms with Crippen LogP contribution in [-0.2, 0) is 16.0 Å². The van der Waals surface area contributed by atoms with Gasteiger partial charge in [-0.15, -0.1) is 0 Å². The molecule has 0 bridgehead atoms. The standard InChI is InChI=1S/C17H23NO3/c1-18-15-7-4-13(11-12(15)5-9-17(18)20)16(19)8-6-14-3-2-10-21-14/h4,7,11,14,16,19H,2-3,5-6,8-10H2,1H3. The highest BCUT2D eigenvalue weighted by Crippen LogP contribution is 2.31. The summed E-state index contributed by atoms with van der Waals surface area (Å²) >= 11 is 0. The normalized spacial score (nSPS) is 23.2. The zero-order valence-corrected chi connectivity index (χ0v) is 12.5. The SMILES string of the molecule is CN1C(=O)CCc2cc(C(O)CCC3CCCO3)ccc21. The Morgan fingerprint density at radius 1 is 1.43 bits per heavy atom. The van der Waals surface area contributed by atoms with Crippen LogP contribution in [0.4, 0.5) is 5.69 Å². The van der Waals surface area contributed by atoms with Crippen molar-refractivity contribution in [1.29, 1.82) is 0 Å². The van der Waals surface area contributed by atoms with E-state index in [9.17, 15) is 9.90 Å². The smallest absolute Gasteiger partial charge is 0.227 e. The van der Waals surface area contributed by atoms with Gasteiger partial charge in [-0.2, -0.15) is 0 Å². The van der Waals surface area contributed by atoms with E-state index < -0.39 is 6.10 Å². The van der Waals surface area contributed by atoms with E-state index in [0.717, 1.165) is 55.5 Å². The van der Waals surface area contributed by atoms with Crippen molar-refractivity contribution in [3.05, 3.63) is 29.3 Å². The second-order valence-corrected chi connectivity index (χ2v) is 6.07. The fraction of sp³-hybridized carbons (Fsp3) is 0.588. The molecule has 0 spiro atoms. The van der Waals surface area contributed by atoms with Crippen molar-refractivity contribution in [1.82, 2.24) is 0 Å². The van der Waals surface area contributed by atoms with Crippen LogP contribution in [0.5, 0.6) is 0 Å². The van der Waals surface area contributed by atoms with E-state index in [-0.39, 0.29) is 5.91 Å². The molecule has 2 aliphatic heterocycles. The molecule has 3 rings (SSSR count). The van der Waals surface area contributed by atoms with Crippen molar-refractivity contribution in [2.24, 2.45) is 0 Å². The highest BCUT2D eigenvalue weighted by atomic mass is 16.5. The van der Waals surface area contributed by atoms with Gasteiger partial charge in [-0.05, 0) is 49.3 Å². The number of hydrogen-bond donors (Lipinski definition) is 1. The summed E-state index contributed by atoms with van der Waals surface area (Å²) in [6.07, 6.45) is 5.10. The topological polar surface area (TPSA) is 49.8 Å². The Morgan fingerprint density at radius 2 is 2.29 bits per heavy atom. The molecule has 1 saturated heterocycles. The number of carbonyl (C=O) groups excluding carboxylic acids is 1. The van der Waals surface area contributed by atoms with Crippen molar-refractivity contribution in [2.75, 3.05) is 18.6 Å². The number of hydrogen-bond acceptors (Lipinski definition) is 3. The fourth-order valence-electron chi connectivity index (χ4n) is 3.27. The van der Waals surface area contributed by atoms with Gasteiger partial charge in [-0.25, -0.2) is 0 Å². The number of carbonyl (C=O) groups is 1. The van der Waals surface area contributed by atoms with E-state index in [1.807, 2.05) is 19.2 Å². The van der Waals surface area contributed by atoms with Crippen LogP contribution in [0.3, 0.4) is 0 Å². The Balaban J connectivity index is 1.66. The molecule has 1 N–H and O–H groups in total. The van der Waals surface area contributed by atoms with Crippen molar-refractivity contribution in [2.45, 2.75) is 50.7 Å². The summed E-state index contributed by atoms with van der Waals surface area (Å²) in [6, 6.07) is 5.95. The minimum absolute atomic E-state index is 0.161. The molecular weight excluding hydrogens is 266 g/mol. The summed E-state index contributed by atoms with van der Waals surface area (Å²) in [7, 11) is 1.81. The molecule has 21 heavy (non-hydrogen) atoms. The molecule has 2 aliphatic rings. The number of aryl methyl sites for hydroxylation is 1. The largest absolute Gasteiger partial charge is 0.388 e. The van der Waals surface area contributed by atoms with Gasteiger partial charge in [0.15, 0.2) is 0 Å². The first kappa shape index (κ1) is 14.5. The maximum absolute atomic E-state index is 11.7. The van der Waals surface area contributed by atoms with E-state index in [1.165, 1.54) is 0 Å². The lowest BCUT2D eigenvalue weighted by Crippen LogP contribution is -2.31. The van der Waals surface area contributed by atoms with Crippen LogP contribution < -0.4 is 4.90 Å². The van der Waals surface area contributed by atoms with Crippen molar-refractivity contribution < 1.29 is 14.6 Å². The minimum atomic E-state index is -0.442. The molecule has 114 valence electrons. The van der Waals surface area contributed by atoms with Crippen molar-refractivity contribution in [3.8, 4) is 0 Å². The molecule has 2 unspecified atom stereocenters. The van der Waals surface area contributed by atoms with Gasteiger partial charge in [0, 0.05) is 25.8 Å². The van der Waals surface area contributed by atoms with Crippen LogP contribution in [-0.4, -0.2) is 30.8 Å². The molecule has 1 aromatic carbocycles. The van der Waals surface area contributed by atoms with Crippen LogP contribution >= 0.6 is 0 Å². The highest BCUT2D eigenvalue weighted by molar-refractivity contribution is 5.95. The zero-order valence-electron chi connectivity index (χ0n) is 12.5. The predicted molar refractivity (Wildman–Crippen MR) is 81.3 cm³/mol. The van der Waals surface area contributed by atoms with Gasteiger partial charge in [0.05, 0.1) is 12.2 Å². The number of ether oxygens (including phenoxy) is 1. The first-order chi connectivity index (χ1) is 10.1.